The number of aromatic amines is 1. The zero-order valence-corrected chi connectivity index (χ0v) is 12.2. The molecule has 0 aromatic carbocycles. The van der Waals surface area contributed by atoms with Crippen LogP contribution in [-0.2, 0) is 11.8 Å². The maximum Gasteiger partial charge on any atom is 0.335 e. The normalized spacial score (nSPS) is 27.5. The molecule has 4 atom stereocenters. The number of H-pyrrole nitrogens is 1. The van der Waals surface area contributed by atoms with E-state index < -0.39 is 42.3 Å². The lowest BCUT2D eigenvalue weighted by Crippen LogP contribution is -2.36. The number of imidazole rings is 1. The van der Waals surface area contributed by atoms with Gasteiger partial charge < -0.3 is 24.6 Å². The molecule has 10 nitrogen and oxygen atoms in total. The number of rotatable bonds is 3. The fourth-order valence-electron chi connectivity index (χ4n) is 2.58. The van der Waals surface area contributed by atoms with Crippen LogP contribution >= 0.6 is 0 Å². The first kappa shape index (κ1) is 15.6. The first-order valence-electron chi connectivity index (χ1n) is 6.90. The minimum Gasteiger partial charge on any atom is -0.394 e. The molecule has 2 aromatic heterocycles. The van der Waals surface area contributed by atoms with Gasteiger partial charge in [0.15, 0.2) is 0 Å². The minimum absolute atomic E-state index is 0.0462. The Morgan fingerprint density at radius 1 is 1.35 bits per heavy atom. The zero-order valence-electron chi connectivity index (χ0n) is 12.2. The van der Waals surface area contributed by atoms with Crippen LogP contribution in [-0.4, -0.2) is 59.3 Å². The molecule has 0 saturated carbocycles. The lowest BCUT2D eigenvalue weighted by Gasteiger charge is -2.15. The van der Waals surface area contributed by atoms with Crippen LogP contribution in [0.5, 0.6) is 0 Å². The van der Waals surface area contributed by atoms with Crippen LogP contribution in [0.3, 0.4) is 0 Å². The molecule has 3 rings (SSSR count). The van der Waals surface area contributed by atoms with Gasteiger partial charge in [-0.1, -0.05) is 0 Å². The van der Waals surface area contributed by atoms with Crippen molar-refractivity contribution in [3.8, 4) is 5.95 Å². The van der Waals surface area contributed by atoms with Crippen LogP contribution in [0.2, 0.25) is 0 Å². The first-order chi connectivity index (χ1) is 10.9. The Balaban J connectivity index is 2.09. The Morgan fingerprint density at radius 2 is 2.09 bits per heavy atom. The van der Waals surface area contributed by atoms with Crippen molar-refractivity contribution in [1.82, 2.24) is 19.1 Å². The van der Waals surface area contributed by atoms with E-state index in [0.29, 0.717) is 0 Å². The number of aliphatic hydroxyl groups is 3. The Bertz CT molecular complexity index is 824. The van der Waals surface area contributed by atoms with Crippen molar-refractivity contribution in [3.05, 3.63) is 45.0 Å². The number of nitrogens with one attached hydrogen (secondary N) is 1. The van der Waals surface area contributed by atoms with Crippen LogP contribution in [0.25, 0.3) is 5.95 Å². The van der Waals surface area contributed by atoms with E-state index in [2.05, 4.69) is 9.97 Å². The minimum atomic E-state index is -1.40. The maximum absolute atomic E-state index is 12.0. The fourth-order valence-corrected chi connectivity index (χ4v) is 2.58. The number of nitrogens with zero attached hydrogens (tertiary/aromatic N) is 3. The molecule has 124 valence electrons. The second-order valence-electron chi connectivity index (χ2n) is 5.31. The number of hydrogen-bond donors (Lipinski definition) is 4. The van der Waals surface area contributed by atoms with Gasteiger partial charge in [0, 0.05) is 25.6 Å². The second-order valence-corrected chi connectivity index (χ2v) is 5.31. The maximum atomic E-state index is 12.0. The number of ether oxygens (including phenoxy) is 1. The summed E-state index contributed by atoms with van der Waals surface area (Å²) in [6.45, 7) is -0.508. The second kappa shape index (κ2) is 5.74. The molecule has 1 aliphatic heterocycles. The highest BCUT2D eigenvalue weighted by molar-refractivity contribution is 5.20. The summed E-state index contributed by atoms with van der Waals surface area (Å²) in [5, 5.41) is 29.0. The summed E-state index contributed by atoms with van der Waals surface area (Å²) in [6.07, 6.45) is -0.596. The average Bonchev–Trinajstić information content (AvgIpc) is 3.05. The molecule has 0 bridgehead atoms. The highest BCUT2D eigenvalue weighted by Gasteiger charge is 2.44. The van der Waals surface area contributed by atoms with Gasteiger partial charge in [-0.05, 0) is 0 Å². The lowest BCUT2D eigenvalue weighted by molar-refractivity contribution is -0.0233. The van der Waals surface area contributed by atoms with Crippen molar-refractivity contribution in [2.45, 2.75) is 24.4 Å². The van der Waals surface area contributed by atoms with Gasteiger partial charge in [-0.3, -0.25) is 9.78 Å². The van der Waals surface area contributed by atoms with E-state index in [1.807, 2.05) is 0 Å². The summed E-state index contributed by atoms with van der Waals surface area (Å²) in [4.78, 5) is 30.2. The summed E-state index contributed by atoms with van der Waals surface area (Å²) in [6, 6.07) is 0. The molecule has 0 spiro atoms. The molecule has 4 N–H and O–H groups in total. The highest BCUT2D eigenvalue weighted by Crippen LogP contribution is 2.31. The van der Waals surface area contributed by atoms with Gasteiger partial charge in [0.25, 0.3) is 5.56 Å². The van der Waals surface area contributed by atoms with E-state index in [-0.39, 0.29) is 11.5 Å². The Kier molecular flexibility index (Phi) is 3.90. The number of aliphatic hydroxyl groups excluding tert-OH is 3. The number of hydrogen-bond acceptors (Lipinski definition) is 7. The van der Waals surface area contributed by atoms with Crippen LogP contribution < -0.4 is 11.2 Å². The average molecular weight is 324 g/mol. The Morgan fingerprint density at radius 3 is 2.65 bits per heavy atom. The summed E-state index contributed by atoms with van der Waals surface area (Å²) < 4.78 is 8.00. The first-order valence-corrected chi connectivity index (χ1v) is 6.90. The molecule has 2 aromatic rings. The van der Waals surface area contributed by atoms with Crippen molar-refractivity contribution in [3.63, 3.8) is 0 Å². The molecular formula is C13H16N4O6. The molecule has 0 amide bonds. The lowest BCUT2D eigenvalue weighted by atomic mass is 10.0. The quantitative estimate of drug-likeness (QED) is 0.485. The molecule has 10 heteroatoms. The molecule has 2 unspecified atom stereocenters. The highest BCUT2D eigenvalue weighted by atomic mass is 16.6. The van der Waals surface area contributed by atoms with E-state index in [1.165, 1.54) is 12.4 Å². The van der Waals surface area contributed by atoms with Crippen LogP contribution in [0.1, 0.15) is 11.7 Å². The monoisotopic (exact) mass is 324 g/mol. The van der Waals surface area contributed by atoms with Gasteiger partial charge in [-0.2, -0.15) is 0 Å². The topological polar surface area (TPSA) is 143 Å². The Hall–Kier alpha value is -2.27. The van der Waals surface area contributed by atoms with Crippen molar-refractivity contribution < 1.29 is 20.1 Å². The van der Waals surface area contributed by atoms with E-state index in [4.69, 9.17) is 9.84 Å². The summed E-state index contributed by atoms with van der Waals surface area (Å²) in [7, 11) is 1.67. The van der Waals surface area contributed by atoms with Crippen LogP contribution in [0.4, 0.5) is 0 Å². The predicted octanol–water partition coefficient (Wildman–Crippen LogP) is -2.59. The van der Waals surface area contributed by atoms with E-state index in [9.17, 15) is 19.8 Å². The van der Waals surface area contributed by atoms with Gasteiger partial charge in [0.2, 0.25) is 5.95 Å². The standard InChI is InChI=1S/C13H16N4O6/c1-16-3-2-14-12(16)17-4-6(11(21)15-13(17)22)10-9(20)8(19)7(5-18)23-10/h2-4,7-10,18-20H,5H2,1H3,(H,15,21,22)/t7-,8?,9?,10+/m1/s1. The zero-order chi connectivity index (χ0) is 16.7. The van der Waals surface area contributed by atoms with Crippen molar-refractivity contribution in [2.24, 2.45) is 7.05 Å². The van der Waals surface area contributed by atoms with Gasteiger partial charge in [-0.25, -0.2) is 14.3 Å². The third-order valence-electron chi connectivity index (χ3n) is 3.83. The molecule has 23 heavy (non-hydrogen) atoms. The third-order valence-corrected chi connectivity index (χ3v) is 3.83. The van der Waals surface area contributed by atoms with Gasteiger partial charge in [-0.15, -0.1) is 0 Å². The van der Waals surface area contributed by atoms with Crippen LogP contribution in [0, 0.1) is 0 Å². The van der Waals surface area contributed by atoms with Crippen molar-refractivity contribution in [1.29, 1.82) is 0 Å². The number of aryl methyl sites for hydroxylation is 1. The van der Waals surface area contributed by atoms with Gasteiger partial charge in [0.1, 0.15) is 24.4 Å². The summed E-state index contributed by atoms with van der Waals surface area (Å²) in [5.74, 6) is 0.263. The predicted molar refractivity (Wildman–Crippen MR) is 76.1 cm³/mol. The Labute approximate surface area is 129 Å². The van der Waals surface area contributed by atoms with Crippen LogP contribution in [0.15, 0.2) is 28.2 Å². The van der Waals surface area contributed by atoms with Gasteiger partial charge in [0.05, 0.1) is 12.2 Å². The SMILES string of the molecule is Cn1ccnc1-n1cc([C@@H]2O[C@H](CO)C(O)C2O)c(=O)[nH]c1=O. The van der Waals surface area contributed by atoms with Crippen molar-refractivity contribution >= 4 is 0 Å². The molecule has 0 aliphatic carbocycles. The fraction of sp³-hybridized carbons (Fsp3) is 0.462. The van der Waals surface area contributed by atoms with E-state index in [1.54, 1.807) is 17.8 Å². The summed E-state index contributed by atoms with van der Waals surface area (Å²) >= 11 is 0. The molecule has 1 saturated heterocycles. The molecule has 0 radical (unpaired) electrons. The summed E-state index contributed by atoms with van der Waals surface area (Å²) in [5.41, 5.74) is -1.48. The molecule has 3 heterocycles. The van der Waals surface area contributed by atoms with E-state index >= 15 is 0 Å². The molecular weight excluding hydrogens is 308 g/mol. The smallest absolute Gasteiger partial charge is 0.335 e. The largest absolute Gasteiger partial charge is 0.394 e. The van der Waals surface area contributed by atoms with Crippen molar-refractivity contribution in [2.75, 3.05) is 6.61 Å². The van der Waals surface area contributed by atoms with E-state index in [0.717, 1.165) is 4.57 Å². The van der Waals surface area contributed by atoms with Gasteiger partial charge >= 0.3 is 5.69 Å². The molecule has 1 aliphatic rings. The molecule has 1 fully saturated rings. The third kappa shape index (κ3) is 2.51. The number of aromatic nitrogens is 4.